The van der Waals surface area contributed by atoms with Crippen molar-refractivity contribution < 1.29 is 4.79 Å². The van der Waals surface area contributed by atoms with Gasteiger partial charge >= 0.3 is 0 Å². The number of carbonyl (C=O) groups excluding carboxylic acids is 1. The first-order chi connectivity index (χ1) is 5.79. The van der Waals surface area contributed by atoms with Gasteiger partial charge in [-0.15, -0.1) is 0 Å². The lowest BCUT2D eigenvalue weighted by molar-refractivity contribution is -0.112. The number of nitrogens with zero attached hydrogens (tertiary/aromatic N) is 1. The van der Waals surface area contributed by atoms with Gasteiger partial charge in [-0.2, -0.15) is 5.26 Å². The maximum atomic E-state index is 10.7. The molecule has 0 N–H and O–H groups in total. The number of rotatable bonds is 5. The molecule has 0 aliphatic heterocycles. The minimum atomic E-state index is -0.232. The third kappa shape index (κ3) is 1.66. The van der Waals surface area contributed by atoms with Crippen LogP contribution < -0.4 is 0 Å². The maximum absolute atomic E-state index is 10.7. The summed E-state index contributed by atoms with van der Waals surface area (Å²) in [5.41, 5.74) is -0.232. The Morgan fingerprint density at radius 2 is 2.42 bits per heavy atom. The third-order valence-corrected chi connectivity index (χ3v) is 2.75. The predicted octanol–water partition coefficient (Wildman–Crippen LogP) is 2.30. The molecule has 1 fully saturated rings. The summed E-state index contributed by atoms with van der Waals surface area (Å²) < 4.78 is 0. The summed E-state index contributed by atoms with van der Waals surface area (Å²) >= 11 is 0. The molecule has 0 heterocycles. The van der Waals surface area contributed by atoms with Crippen LogP contribution in [0.15, 0.2) is 0 Å². The molecule has 0 aromatic heterocycles. The summed E-state index contributed by atoms with van der Waals surface area (Å²) in [6, 6.07) is 2.18. The Labute approximate surface area is 73.6 Å². The Morgan fingerprint density at radius 3 is 2.83 bits per heavy atom. The minimum absolute atomic E-state index is 0.0202. The first kappa shape index (κ1) is 9.25. The van der Waals surface area contributed by atoms with Gasteiger partial charge in [0.15, 0.2) is 0 Å². The van der Waals surface area contributed by atoms with Gasteiger partial charge in [0.2, 0.25) is 0 Å². The zero-order chi connectivity index (χ0) is 9.03. The fourth-order valence-corrected chi connectivity index (χ4v) is 1.66. The van der Waals surface area contributed by atoms with Gasteiger partial charge in [0.05, 0.1) is 12.0 Å². The van der Waals surface area contributed by atoms with Crippen LogP contribution in [0.5, 0.6) is 0 Å². The largest absolute Gasteiger partial charge is 0.303 e. The van der Waals surface area contributed by atoms with Crippen molar-refractivity contribution in [1.82, 2.24) is 0 Å². The first-order valence-corrected chi connectivity index (χ1v) is 4.65. The van der Waals surface area contributed by atoms with E-state index in [1.165, 1.54) is 12.8 Å². The molecule has 1 aliphatic rings. The van der Waals surface area contributed by atoms with E-state index in [4.69, 9.17) is 5.26 Å². The fraction of sp³-hybridized carbons (Fsp3) is 0.800. The molecule has 0 aromatic carbocycles. The lowest BCUT2D eigenvalue weighted by Crippen LogP contribution is -2.04. The molecule has 12 heavy (non-hydrogen) atoms. The van der Waals surface area contributed by atoms with Gasteiger partial charge in [-0.05, 0) is 12.8 Å². The van der Waals surface area contributed by atoms with Crippen LogP contribution in [-0.4, -0.2) is 6.29 Å². The molecule has 0 spiro atoms. The topological polar surface area (TPSA) is 40.9 Å². The van der Waals surface area contributed by atoms with E-state index in [9.17, 15) is 4.79 Å². The molecular formula is C10H15NO. The second kappa shape index (κ2) is 3.71. The van der Waals surface area contributed by atoms with Crippen molar-refractivity contribution in [3.8, 4) is 6.07 Å². The van der Waals surface area contributed by atoms with Crippen LogP contribution in [0.2, 0.25) is 0 Å². The molecule has 1 aliphatic carbocycles. The SMILES string of the molecule is CCCCC[C@@]1(C=O)C[C@@H]1C#N. The van der Waals surface area contributed by atoms with Gasteiger partial charge in [-0.25, -0.2) is 0 Å². The van der Waals surface area contributed by atoms with Crippen molar-refractivity contribution in [1.29, 1.82) is 5.26 Å². The van der Waals surface area contributed by atoms with E-state index in [0.717, 1.165) is 25.5 Å². The third-order valence-electron chi connectivity index (χ3n) is 2.75. The highest BCUT2D eigenvalue weighted by Crippen LogP contribution is 2.53. The zero-order valence-electron chi connectivity index (χ0n) is 7.55. The predicted molar refractivity (Wildman–Crippen MR) is 46.4 cm³/mol. The van der Waals surface area contributed by atoms with E-state index in [1.54, 1.807) is 0 Å². The van der Waals surface area contributed by atoms with Crippen molar-refractivity contribution >= 4 is 6.29 Å². The highest BCUT2D eigenvalue weighted by Gasteiger charge is 2.53. The molecule has 2 heteroatoms. The number of hydrogen-bond acceptors (Lipinski definition) is 2. The number of hydrogen-bond donors (Lipinski definition) is 0. The minimum Gasteiger partial charge on any atom is -0.303 e. The van der Waals surface area contributed by atoms with Crippen LogP contribution in [0.1, 0.15) is 39.0 Å². The smallest absolute Gasteiger partial charge is 0.127 e. The van der Waals surface area contributed by atoms with Crippen LogP contribution in [-0.2, 0) is 4.79 Å². The van der Waals surface area contributed by atoms with Crippen molar-refractivity contribution in [2.24, 2.45) is 11.3 Å². The highest BCUT2D eigenvalue weighted by molar-refractivity contribution is 5.66. The van der Waals surface area contributed by atoms with Crippen LogP contribution >= 0.6 is 0 Å². The summed E-state index contributed by atoms with van der Waals surface area (Å²) in [5.74, 6) is 0.0202. The Morgan fingerprint density at radius 1 is 1.67 bits per heavy atom. The maximum Gasteiger partial charge on any atom is 0.127 e. The molecule has 2 nitrogen and oxygen atoms in total. The summed E-state index contributed by atoms with van der Waals surface area (Å²) in [7, 11) is 0. The van der Waals surface area contributed by atoms with Gasteiger partial charge in [-0.3, -0.25) is 0 Å². The summed E-state index contributed by atoms with van der Waals surface area (Å²) in [6.07, 6.45) is 6.16. The fourth-order valence-electron chi connectivity index (χ4n) is 1.66. The molecule has 1 saturated carbocycles. The Hall–Kier alpha value is -0.840. The Bertz CT molecular complexity index is 206. The average molecular weight is 165 g/mol. The monoisotopic (exact) mass is 165 g/mol. The van der Waals surface area contributed by atoms with E-state index < -0.39 is 0 Å². The molecule has 66 valence electrons. The van der Waals surface area contributed by atoms with E-state index in [-0.39, 0.29) is 11.3 Å². The first-order valence-electron chi connectivity index (χ1n) is 4.65. The standard InChI is InChI=1S/C10H15NO/c1-2-3-4-5-10(8-12)6-9(10)7-11/h8-9H,2-6H2,1H3/t9-,10+/m1/s1. The van der Waals surface area contributed by atoms with Gasteiger partial charge < -0.3 is 4.79 Å². The second-order valence-electron chi connectivity index (χ2n) is 3.69. The van der Waals surface area contributed by atoms with Crippen molar-refractivity contribution in [3.05, 3.63) is 0 Å². The normalized spacial score (nSPS) is 32.5. The summed E-state index contributed by atoms with van der Waals surface area (Å²) in [6.45, 7) is 2.14. The molecule has 0 saturated heterocycles. The van der Waals surface area contributed by atoms with E-state index in [1.807, 2.05) is 0 Å². The van der Waals surface area contributed by atoms with Gasteiger partial charge in [-0.1, -0.05) is 26.2 Å². The lowest BCUT2D eigenvalue weighted by atomic mass is 9.98. The van der Waals surface area contributed by atoms with Gasteiger partial charge in [0, 0.05) is 5.41 Å². The van der Waals surface area contributed by atoms with E-state index in [2.05, 4.69) is 13.0 Å². The van der Waals surface area contributed by atoms with Gasteiger partial charge in [0.25, 0.3) is 0 Å². The number of carbonyl (C=O) groups is 1. The Balaban J connectivity index is 2.30. The molecule has 1 rings (SSSR count). The lowest BCUT2D eigenvalue weighted by Gasteiger charge is -2.05. The molecule has 0 radical (unpaired) electrons. The zero-order valence-corrected chi connectivity index (χ0v) is 7.55. The number of aldehydes is 1. The van der Waals surface area contributed by atoms with Crippen LogP contribution in [0.25, 0.3) is 0 Å². The van der Waals surface area contributed by atoms with E-state index in [0.29, 0.717) is 0 Å². The van der Waals surface area contributed by atoms with Crippen LogP contribution in [0.3, 0.4) is 0 Å². The molecule has 0 unspecified atom stereocenters. The molecule has 0 bridgehead atoms. The van der Waals surface area contributed by atoms with Crippen molar-refractivity contribution in [2.45, 2.75) is 39.0 Å². The van der Waals surface area contributed by atoms with Crippen molar-refractivity contribution in [3.63, 3.8) is 0 Å². The molecule has 2 atom stereocenters. The van der Waals surface area contributed by atoms with Crippen LogP contribution in [0, 0.1) is 22.7 Å². The quantitative estimate of drug-likeness (QED) is 0.463. The second-order valence-corrected chi connectivity index (χ2v) is 3.69. The highest BCUT2D eigenvalue weighted by atomic mass is 16.1. The van der Waals surface area contributed by atoms with Crippen LogP contribution in [0.4, 0.5) is 0 Å². The number of unbranched alkanes of at least 4 members (excludes halogenated alkanes) is 2. The summed E-state index contributed by atoms with van der Waals surface area (Å²) in [5, 5.41) is 8.62. The van der Waals surface area contributed by atoms with E-state index >= 15 is 0 Å². The molecular weight excluding hydrogens is 150 g/mol. The Kier molecular flexibility index (Phi) is 2.86. The summed E-state index contributed by atoms with van der Waals surface area (Å²) in [4.78, 5) is 10.7. The molecule has 0 amide bonds. The van der Waals surface area contributed by atoms with Crippen molar-refractivity contribution in [2.75, 3.05) is 0 Å². The van der Waals surface area contributed by atoms with Gasteiger partial charge in [0.1, 0.15) is 6.29 Å². The average Bonchev–Trinajstić information content (AvgIpc) is 2.80. The molecule has 0 aromatic rings. The number of nitriles is 1.